The van der Waals surface area contributed by atoms with E-state index in [1.165, 1.54) is 0 Å². The zero-order valence-electron chi connectivity index (χ0n) is 6.33. The zero-order valence-corrected chi connectivity index (χ0v) is 6.33. The summed E-state index contributed by atoms with van der Waals surface area (Å²) in [4.78, 5) is 14.0. The van der Waals surface area contributed by atoms with Crippen LogP contribution in [0.15, 0.2) is 17.0 Å². The molecule has 6 heteroatoms. The lowest BCUT2D eigenvalue weighted by atomic mass is 10.0. The molecule has 4 nitrogen and oxygen atoms in total. The number of aromatic nitrogens is 1. The highest BCUT2D eigenvalue weighted by Crippen LogP contribution is 2.61. The molecule has 13 heavy (non-hydrogen) atoms. The van der Waals surface area contributed by atoms with Gasteiger partial charge >= 0.3 is 5.97 Å². The third-order valence-corrected chi connectivity index (χ3v) is 2.20. The molecule has 1 aliphatic rings. The SMILES string of the molecule is O=C(O)C1(c2cnco2)CC1(F)F. The number of carboxylic acids is 1. The van der Waals surface area contributed by atoms with Crippen molar-refractivity contribution in [3.8, 4) is 0 Å². The topological polar surface area (TPSA) is 63.3 Å². The van der Waals surface area contributed by atoms with E-state index in [4.69, 9.17) is 5.11 Å². The van der Waals surface area contributed by atoms with Crippen molar-refractivity contribution in [3.05, 3.63) is 18.4 Å². The smallest absolute Gasteiger partial charge is 0.323 e. The molecule has 2 rings (SSSR count). The number of nitrogens with zero attached hydrogens (tertiary/aromatic N) is 1. The quantitative estimate of drug-likeness (QED) is 0.754. The zero-order chi connectivity index (χ0) is 9.69. The van der Waals surface area contributed by atoms with Crippen LogP contribution in [0.3, 0.4) is 0 Å². The number of oxazole rings is 1. The first-order valence-electron chi connectivity index (χ1n) is 3.51. The van der Waals surface area contributed by atoms with Crippen LogP contribution in [0.25, 0.3) is 0 Å². The minimum atomic E-state index is -3.22. The number of halogens is 2. The Kier molecular flexibility index (Phi) is 1.30. The van der Waals surface area contributed by atoms with Gasteiger partial charge in [-0.25, -0.2) is 13.8 Å². The number of alkyl halides is 2. The van der Waals surface area contributed by atoms with Crippen molar-refractivity contribution in [2.75, 3.05) is 0 Å². The minimum Gasteiger partial charge on any atom is -0.480 e. The first-order chi connectivity index (χ1) is 6.01. The highest BCUT2D eigenvalue weighted by molar-refractivity contribution is 5.86. The molecule has 1 aromatic heterocycles. The highest BCUT2D eigenvalue weighted by Gasteiger charge is 2.79. The highest BCUT2D eigenvalue weighted by atomic mass is 19.3. The number of carbonyl (C=O) groups is 1. The van der Waals surface area contributed by atoms with Crippen molar-refractivity contribution in [1.82, 2.24) is 4.98 Å². The van der Waals surface area contributed by atoms with Crippen molar-refractivity contribution >= 4 is 5.97 Å². The van der Waals surface area contributed by atoms with Crippen LogP contribution in [0.4, 0.5) is 8.78 Å². The van der Waals surface area contributed by atoms with Crippen LogP contribution in [0.5, 0.6) is 0 Å². The lowest BCUT2D eigenvalue weighted by molar-refractivity contribution is -0.143. The summed E-state index contributed by atoms with van der Waals surface area (Å²) in [5, 5.41) is 8.64. The molecular formula is C7H5F2NO3. The summed E-state index contributed by atoms with van der Waals surface area (Å²) in [6.45, 7) is 0. The summed E-state index contributed by atoms with van der Waals surface area (Å²) in [6.07, 6.45) is 1.23. The molecule has 1 N–H and O–H groups in total. The molecule has 0 radical (unpaired) electrons. The van der Waals surface area contributed by atoms with E-state index in [0.717, 1.165) is 12.6 Å². The van der Waals surface area contributed by atoms with E-state index in [9.17, 15) is 13.6 Å². The van der Waals surface area contributed by atoms with E-state index in [1.807, 2.05) is 0 Å². The summed E-state index contributed by atoms with van der Waals surface area (Å²) < 4.78 is 30.2. The standard InChI is InChI=1S/C7H5F2NO3/c8-7(9)2-6(7,5(11)12)4-1-10-3-13-4/h1,3H,2H2,(H,11,12). The molecule has 0 bridgehead atoms. The van der Waals surface area contributed by atoms with E-state index < -0.39 is 23.7 Å². The lowest BCUT2D eigenvalue weighted by Gasteiger charge is -2.05. The second-order valence-electron chi connectivity index (χ2n) is 2.96. The molecule has 1 atom stereocenters. The first kappa shape index (κ1) is 8.15. The summed E-state index contributed by atoms with van der Waals surface area (Å²) >= 11 is 0. The Bertz CT molecular complexity index is 349. The number of hydrogen-bond acceptors (Lipinski definition) is 3. The van der Waals surface area contributed by atoms with Gasteiger partial charge in [0.15, 0.2) is 11.8 Å². The number of carboxylic acid groups (broad SMARTS) is 1. The Balaban J connectivity index is 2.45. The van der Waals surface area contributed by atoms with E-state index in [0.29, 0.717) is 0 Å². The molecule has 0 spiro atoms. The van der Waals surface area contributed by atoms with Crippen LogP contribution < -0.4 is 0 Å². The second-order valence-corrected chi connectivity index (χ2v) is 2.96. The number of hydrogen-bond donors (Lipinski definition) is 1. The normalized spacial score (nSPS) is 30.0. The summed E-state index contributed by atoms with van der Waals surface area (Å²) in [6, 6.07) is 0. The van der Waals surface area contributed by atoms with Gasteiger partial charge in [0.1, 0.15) is 5.76 Å². The lowest BCUT2D eigenvalue weighted by Crippen LogP contribution is -2.26. The van der Waals surface area contributed by atoms with Crippen molar-refractivity contribution in [2.24, 2.45) is 0 Å². The van der Waals surface area contributed by atoms with Gasteiger partial charge in [-0.05, 0) is 0 Å². The largest absolute Gasteiger partial charge is 0.480 e. The van der Waals surface area contributed by atoms with E-state index in [-0.39, 0.29) is 5.76 Å². The van der Waals surface area contributed by atoms with Gasteiger partial charge in [0.2, 0.25) is 0 Å². The fourth-order valence-corrected chi connectivity index (χ4v) is 1.32. The molecule has 1 heterocycles. The monoisotopic (exact) mass is 189 g/mol. The van der Waals surface area contributed by atoms with E-state index in [2.05, 4.69) is 9.40 Å². The fourth-order valence-electron chi connectivity index (χ4n) is 1.32. The molecule has 0 amide bonds. The third-order valence-electron chi connectivity index (χ3n) is 2.20. The average Bonchev–Trinajstić information content (AvgIpc) is 2.52. The van der Waals surface area contributed by atoms with Crippen LogP contribution in [-0.2, 0) is 10.2 Å². The predicted octanol–water partition coefficient (Wildman–Crippen LogP) is 1.04. The van der Waals surface area contributed by atoms with Crippen molar-refractivity contribution in [2.45, 2.75) is 17.8 Å². The maximum atomic E-state index is 12.8. The van der Waals surface area contributed by atoms with Gasteiger partial charge in [0.05, 0.1) is 6.20 Å². The summed E-state index contributed by atoms with van der Waals surface area (Å²) in [7, 11) is 0. The van der Waals surface area contributed by atoms with Crippen molar-refractivity contribution in [3.63, 3.8) is 0 Å². The molecule has 1 aliphatic carbocycles. The van der Waals surface area contributed by atoms with Crippen molar-refractivity contribution in [1.29, 1.82) is 0 Å². The predicted molar refractivity (Wildman–Crippen MR) is 35.4 cm³/mol. The Morgan fingerprint density at radius 2 is 2.31 bits per heavy atom. The Hall–Kier alpha value is -1.46. The minimum absolute atomic E-state index is 0.287. The van der Waals surface area contributed by atoms with Crippen molar-refractivity contribution < 1.29 is 23.1 Å². The second kappa shape index (κ2) is 2.07. The van der Waals surface area contributed by atoms with Gasteiger partial charge in [-0.3, -0.25) is 4.79 Å². The maximum absolute atomic E-state index is 12.8. The fraction of sp³-hybridized carbons (Fsp3) is 0.429. The summed E-state index contributed by atoms with van der Waals surface area (Å²) in [5.74, 6) is -5.09. The third kappa shape index (κ3) is 0.824. The Morgan fingerprint density at radius 3 is 2.62 bits per heavy atom. The molecule has 1 aromatic rings. The molecule has 0 aromatic carbocycles. The van der Waals surface area contributed by atoms with Gasteiger partial charge < -0.3 is 9.52 Å². The van der Waals surface area contributed by atoms with Crippen LogP contribution in [0.2, 0.25) is 0 Å². The van der Waals surface area contributed by atoms with Crippen LogP contribution in [0, 0.1) is 0 Å². The van der Waals surface area contributed by atoms with Gasteiger partial charge in [0.25, 0.3) is 5.92 Å². The molecule has 0 aliphatic heterocycles. The van der Waals surface area contributed by atoms with E-state index in [1.54, 1.807) is 0 Å². The van der Waals surface area contributed by atoms with E-state index >= 15 is 0 Å². The molecule has 0 saturated heterocycles. The van der Waals surface area contributed by atoms with Gasteiger partial charge in [-0.2, -0.15) is 0 Å². The van der Waals surface area contributed by atoms with Gasteiger partial charge in [0, 0.05) is 6.42 Å². The molecule has 70 valence electrons. The average molecular weight is 189 g/mol. The maximum Gasteiger partial charge on any atom is 0.323 e. The van der Waals surface area contributed by atoms with Gasteiger partial charge in [-0.1, -0.05) is 0 Å². The molecule has 1 unspecified atom stereocenters. The van der Waals surface area contributed by atoms with Crippen LogP contribution in [0.1, 0.15) is 12.2 Å². The molecular weight excluding hydrogens is 184 g/mol. The molecule has 1 saturated carbocycles. The van der Waals surface area contributed by atoms with Crippen LogP contribution in [-0.4, -0.2) is 22.0 Å². The van der Waals surface area contributed by atoms with Crippen LogP contribution >= 0.6 is 0 Å². The Labute approximate surface area is 71.2 Å². The number of rotatable bonds is 2. The Morgan fingerprint density at radius 1 is 1.69 bits per heavy atom. The van der Waals surface area contributed by atoms with Gasteiger partial charge in [-0.15, -0.1) is 0 Å². The number of aliphatic carboxylic acids is 1. The first-order valence-corrected chi connectivity index (χ1v) is 3.51. The summed E-state index contributed by atoms with van der Waals surface area (Å²) in [5.41, 5.74) is -2.18. The molecule has 1 fully saturated rings.